The maximum atomic E-state index is 3.57. The molecule has 0 aliphatic heterocycles. The van der Waals surface area contributed by atoms with Crippen molar-refractivity contribution in [3.8, 4) is 0 Å². The van der Waals surface area contributed by atoms with Crippen LogP contribution in [-0.2, 0) is 0 Å². The number of allylic oxidation sites excluding steroid dienone is 1. The van der Waals surface area contributed by atoms with E-state index < -0.39 is 0 Å². The number of hydrogen-bond acceptors (Lipinski definition) is 0. The van der Waals surface area contributed by atoms with Crippen LogP contribution in [0.15, 0.2) is 24.3 Å². The average molecular weight is 171 g/mol. The van der Waals surface area contributed by atoms with Crippen molar-refractivity contribution in [3.63, 3.8) is 0 Å². The van der Waals surface area contributed by atoms with Crippen LogP contribution in [0.3, 0.4) is 0 Å². The molecule has 1 unspecified atom stereocenters. The average Bonchev–Trinajstić information content (AvgIpc) is 2.49. The quantitative estimate of drug-likeness (QED) is 0.570. The van der Waals surface area contributed by atoms with E-state index in [-0.39, 0.29) is 0 Å². The van der Waals surface area contributed by atoms with Crippen LogP contribution in [-0.4, -0.2) is 10.2 Å². The van der Waals surface area contributed by atoms with Gasteiger partial charge in [0.05, 0.1) is 0 Å². The standard InChI is InChI=1S/C11H11Si/c1-8-3-2-4-11-9(7-12)5-6-10(8)11/h2-6,9H,7H2,1H3. The van der Waals surface area contributed by atoms with E-state index >= 15 is 0 Å². The summed E-state index contributed by atoms with van der Waals surface area (Å²) in [5.41, 5.74) is 4.26. The van der Waals surface area contributed by atoms with Gasteiger partial charge in [0.25, 0.3) is 0 Å². The van der Waals surface area contributed by atoms with Gasteiger partial charge in [-0.2, -0.15) is 0 Å². The largest absolute Gasteiger partial charge is 0.0767 e. The molecule has 0 nitrogen and oxygen atoms in total. The van der Waals surface area contributed by atoms with Crippen LogP contribution in [0.5, 0.6) is 0 Å². The molecule has 0 N–H and O–H groups in total. The lowest BCUT2D eigenvalue weighted by Crippen LogP contribution is -1.92. The second-order valence-electron chi connectivity index (χ2n) is 3.25. The Kier molecular flexibility index (Phi) is 1.89. The molecule has 0 saturated carbocycles. The molecule has 1 aromatic carbocycles. The first kappa shape index (κ1) is 7.81. The summed E-state index contributed by atoms with van der Waals surface area (Å²) < 4.78 is 0. The highest BCUT2D eigenvalue weighted by molar-refractivity contribution is 6.09. The molecule has 1 atom stereocenters. The number of rotatable bonds is 1. The molecule has 1 aromatic rings. The Labute approximate surface area is 76.7 Å². The maximum Gasteiger partial charge on any atom is 0.0233 e. The lowest BCUT2D eigenvalue weighted by atomic mass is 9.99. The highest BCUT2D eigenvalue weighted by atomic mass is 28.1. The first-order valence-corrected chi connectivity index (χ1v) is 4.96. The Morgan fingerprint density at radius 3 is 3.00 bits per heavy atom. The fourth-order valence-corrected chi connectivity index (χ4v) is 2.10. The third-order valence-electron chi connectivity index (χ3n) is 2.47. The normalized spacial score (nSPS) is 19.7. The molecule has 0 saturated heterocycles. The van der Waals surface area contributed by atoms with Crippen LogP contribution in [0.2, 0.25) is 6.04 Å². The SMILES string of the molecule is Cc1cccc2c1C=CC2C[Si]. The Bertz CT molecular complexity index is 326. The van der Waals surface area contributed by atoms with Gasteiger partial charge in [0.2, 0.25) is 0 Å². The minimum Gasteiger partial charge on any atom is -0.0767 e. The molecule has 1 aliphatic carbocycles. The Morgan fingerprint density at radius 1 is 1.42 bits per heavy atom. The molecule has 0 amide bonds. The van der Waals surface area contributed by atoms with Crippen LogP contribution in [0.4, 0.5) is 0 Å². The fraction of sp³-hybridized carbons (Fsp3) is 0.273. The van der Waals surface area contributed by atoms with Gasteiger partial charge in [-0.15, -0.1) is 0 Å². The van der Waals surface area contributed by atoms with Crippen molar-refractivity contribution in [1.82, 2.24) is 0 Å². The van der Waals surface area contributed by atoms with Crippen molar-refractivity contribution in [1.29, 1.82) is 0 Å². The van der Waals surface area contributed by atoms with Gasteiger partial charge in [0.1, 0.15) is 0 Å². The van der Waals surface area contributed by atoms with E-state index in [4.69, 9.17) is 0 Å². The smallest absolute Gasteiger partial charge is 0.0233 e. The lowest BCUT2D eigenvalue weighted by molar-refractivity contribution is 0.983. The first-order valence-electron chi connectivity index (χ1n) is 4.25. The van der Waals surface area contributed by atoms with E-state index in [0.29, 0.717) is 5.92 Å². The molecule has 1 heteroatoms. The van der Waals surface area contributed by atoms with Crippen LogP contribution < -0.4 is 0 Å². The topological polar surface area (TPSA) is 0 Å². The number of hydrogen-bond donors (Lipinski definition) is 0. The van der Waals surface area contributed by atoms with Crippen LogP contribution >= 0.6 is 0 Å². The third kappa shape index (κ3) is 1.05. The summed E-state index contributed by atoms with van der Waals surface area (Å²) in [6, 6.07) is 7.54. The summed E-state index contributed by atoms with van der Waals surface area (Å²) in [5.74, 6) is 0.580. The van der Waals surface area contributed by atoms with Crippen molar-refractivity contribution in [2.45, 2.75) is 18.9 Å². The molecule has 3 radical (unpaired) electrons. The van der Waals surface area contributed by atoms with Gasteiger partial charge in [0, 0.05) is 10.2 Å². The molecular weight excluding hydrogens is 160 g/mol. The summed E-state index contributed by atoms with van der Waals surface area (Å²) in [6.45, 7) is 2.17. The van der Waals surface area contributed by atoms with E-state index in [1.807, 2.05) is 0 Å². The van der Waals surface area contributed by atoms with Gasteiger partial charge >= 0.3 is 0 Å². The van der Waals surface area contributed by atoms with Crippen LogP contribution in [0.25, 0.3) is 6.08 Å². The van der Waals surface area contributed by atoms with E-state index in [1.54, 1.807) is 0 Å². The number of aryl methyl sites for hydroxylation is 1. The van der Waals surface area contributed by atoms with Gasteiger partial charge in [-0.25, -0.2) is 0 Å². The highest BCUT2D eigenvalue weighted by Crippen LogP contribution is 2.33. The second-order valence-corrected chi connectivity index (χ2v) is 3.66. The monoisotopic (exact) mass is 171 g/mol. The van der Waals surface area contributed by atoms with E-state index in [9.17, 15) is 0 Å². The van der Waals surface area contributed by atoms with Gasteiger partial charge in [0.15, 0.2) is 0 Å². The zero-order chi connectivity index (χ0) is 8.55. The summed E-state index contributed by atoms with van der Waals surface area (Å²) in [5, 5.41) is 0. The summed E-state index contributed by atoms with van der Waals surface area (Å²) in [6.07, 6.45) is 4.50. The summed E-state index contributed by atoms with van der Waals surface area (Å²) in [4.78, 5) is 0. The number of benzene rings is 1. The van der Waals surface area contributed by atoms with Gasteiger partial charge in [-0.1, -0.05) is 36.4 Å². The second kappa shape index (κ2) is 2.90. The molecule has 2 rings (SSSR count). The molecule has 0 bridgehead atoms. The lowest BCUT2D eigenvalue weighted by Gasteiger charge is -2.08. The fourth-order valence-electron chi connectivity index (χ4n) is 1.75. The summed E-state index contributed by atoms with van der Waals surface area (Å²) in [7, 11) is 3.57. The Balaban J connectivity index is 2.52. The van der Waals surface area contributed by atoms with E-state index in [0.717, 1.165) is 6.04 Å². The van der Waals surface area contributed by atoms with Crippen molar-refractivity contribution in [3.05, 3.63) is 41.0 Å². The van der Waals surface area contributed by atoms with Crippen molar-refractivity contribution in [2.75, 3.05) is 0 Å². The minimum atomic E-state index is 0.580. The van der Waals surface area contributed by atoms with E-state index in [2.05, 4.69) is 47.5 Å². The molecule has 12 heavy (non-hydrogen) atoms. The van der Waals surface area contributed by atoms with Crippen LogP contribution in [0.1, 0.15) is 22.6 Å². The number of fused-ring (bicyclic) bond motifs is 1. The molecule has 0 spiro atoms. The first-order chi connectivity index (χ1) is 5.83. The predicted octanol–water partition coefficient (Wildman–Crippen LogP) is 2.69. The molecule has 59 valence electrons. The van der Waals surface area contributed by atoms with Crippen molar-refractivity contribution < 1.29 is 0 Å². The zero-order valence-corrected chi connectivity index (χ0v) is 8.17. The summed E-state index contributed by atoms with van der Waals surface area (Å²) >= 11 is 0. The van der Waals surface area contributed by atoms with E-state index in [1.165, 1.54) is 16.7 Å². The zero-order valence-electron chi connectivity index (χ0n) is 7.17. The van der Waals surface area contributed by atoms with Gasteiger partial charge in [-0.3, -0.25) is 0 Å². The molecular formula is C11H11Si. The molecule has 0 heterocycles. The van der Waals surface area contributed by atoms with Crippen LogP contribution in [0, 0.1) is 6.92 Å². The Hall–Kier alpha value is -0.823. The molecule has 1 aliphatic rings. The van der Waals surface area contributed by atoms with Gasteiger partial charge in [-0.05, 0) is 29.5 Å². The molecule has 0 fully saturated rings. The van der Waals surface area contributed by atoms with Crippen molar-refractivity contribution in [2.24, 2.45) is 0 Å². The van der Waals surface area contributed by atoms with Gasteiger partial charge < -0.3 is 0 Å². The molecule has 0 aromatic heterocycles. The third-order valence-corrected chi connectivity index (χ3v) is 2.91. The van der Waals surface area contributed by atoms with Crippen molar-refractivity contribution >= 4 is 16.3 Å². The maximum absolute atomic E-state index is 3.57. The minimum absolute atomic E-state index is 0.580. The Morgan fingerprint density at radius 2 is 2.25 bits per heavy atom. The predicted molar refractivity (Wildman–Crippen MR) is 53.5 cm³/mol. The highest BCUT2D eigenvalue weighted by Gasteiger charge is 2.15.